The molecule has 2 aromatic heterocycles. The first-order valence-electron chi connectivity index (χ1n) is 9.41. The summed E-state index contributed by atoms with van der Waals surface area (Å²) in [6.45, 7) is 8.54. The summed E-state index contributed by atoms with van der Waals surface area (Å²) < 4.78 is 7.58. The van der Waals surface area contributed by atoms with Crippen LogP contribution in [0.2, 0.25) is 0 Å². The van der Waals surface area contributed by atoms with Crippen molar-refractivity contribution in [2.24, 2.45) is 5.41 Å². The largest absolute Gasteiger partial charge is 0.324 e. The van der Waals surface area contributed by atoms with Crippen molar-refractivity contribution < 1.29 is 4.52 Å². The van der Waals surface area contributed by atoms with Crippen LogP contribution in [0.4, 0.5) is 6.01 Å². The molecule has 2 fully saturated rings. The molecule has 0 bridgehead atoms. The van der Waals surface area contributed by atoms with Crippen molar-refractivity contribution in [1.29, 1.82) is 0 Å². The lowest BCUT2D eigenvalue weighted by Gasteiger charge is -2.51. The molecule has 7 nitrogen and oxygen atoms in total. The van der Waals surface area contributed by atoms with Gasteiger partial charge in [-0.15, -0.1) is 0 Å². The van der Waals surface area contributed by atoms with E-state index in [1.54, 1.807) is 0 Å². The first-order chi connectivity index (χ1) is 12.6. The number of anilines is 1. The molecule has 4 heterocycles. The molecule has 2 aliphatic rings. The number of rotatable bonds is 3. The van der Waals surface area contributed by atoms with Crippen molar-refractivity contribution in [2.75, 3.05) is 31.1 Å². The molecule has 0 unspecified atom stereocenters. The van der Waals surface area contributed by atoms with Crippen LogP contribution in [0.3, 0.4) is 0 Å². The average Bonchev–Trinajstić information content (AvgIpc) is 3.26. The van der Waals surface area contributed by atoms with Gasteiger partial charge >= 0.3 is 6.01 Å². The molecule has 26 heavy (non-hydrogen) atoms. The number of nitrogens with zero attached hydrogens (tertiary/aromatic N) is 5. The molecular weight excluding hydrogens is 328 g/mol. The minimum Gasteiger partial charge on any atom is -0.323 e. The van der Waals surface area contributed by atoms with Crippen molar-refractivity contribution in [1.82, 2.24) is 25.2 Å². The molecule has 0 atom stereocenters. The average molecular weight is 352 g/mol. The van der Waals surface area contributed by atoms with Crippen LogP contribution in [0.5, 0.6) is 0 Å². The van der Waals surface area contributed by atoms with Gasteiger partial charge in [-0.25, -0.2) is 0 Å². The van der Waals surface area contributed by atoms with Gasteiger partial charge in [0.1, 0.15) is 0 Å². The van der Waals surface area contributed by atoms with Gasteiger partial charge in [0, 0.05) is 35.5 Å². The Kier molecular flexibility index (Phi) is 3.53. The third-order valence-electron chi connectivity index (χ3n) is 5.75. The van der Waals surface area contributed by atoms with Gasteiger partial charge in [-0.05, 0) is 45.8 Å². The second-order valence-corrected chi connectivity index (χ2v) is 7.96. The van der Waals surface area contributed by atoms with Gasteiger partial charge in [0.2, 0.25) is 5.82 Å². The maximum atomic E-state index is 5.55. The minimum absolute atomic E-state index is 0.311. The Bertz CT molecular complexity index is 929. The van der Waals surface area contributed by atoms with Crippen LogP contribution in [0.15, 0.2) is 28.9 Å². The van der Waals surface area contributed by atoms with Crippen LogP contribution >= 0.6 is 0 Å². The van der Waals surface area contributed by atoms with E-state index >= 15 is 0 Å². The monoisotopic (exact) mass is 352 g/mol. The van der Waals surface area contributed by atoms with E-state index in [1.807, 2.05) is 16.9 Å². The van der Waals surface area contributed by atoms with Crippen molar-refractivity contribution >= 4 is 16.9 Å². The Balaban J connectivity index is 1.39. The van der Waals surface area contributed by atoms with Gasteiger partial charge in [0.25, 0.3) is 0 Å². The molecule has 0 aliphatic carbocycles. The molecular formula is C19H24N6O. The highest BCUT2D eigenvalue weighted by atomic mass is 16.5. The minimum atomic E-state index is 0.311. The zero-order valence-corrected chi connectivity index (χ0v) is 15.3. The van der Waals surface area contributed by atoms with Crippen LogP contribution in [0.25, 0.3) is 22.3 Å². The van der Waals surface area contributed by atoms with Crippen molar-refractivity contribution in [3.05, 3.63) is 24.4 Å². The molecule has 1 aromatic carbocycles. The molecule has 5 rings (SSSR count). The van der Waals surface area contributed by atoms with Crippen molar-refractivity contribution in [3.8, 4) is 11.4 Å². The van der Waals surface area contributed by atoms with Gasteiger partial charge in [-0.2, -0.15) is 10.1 Å². The van der Waals surface area contributed by atoms with E-state index in [4.69, 9.17) is 4.52 Å². The lowest BCUT2D eigenvalue weighted by atomic mass is 9.73. The first-order valence-corrected chi connectivity index (χ1v) is 9.41. The second kappa shape index (κ2) is 5.81. The zero-order chi connectivity index (χ0) is 17.7. The Morgan fingerprint density at radius 2 is 2.00 bits per heavy atom. The summed E-state index contributed by atoms with van der Waals surface area (Å²) in [5.41, 5.74) is 2.51. The summed E-state index contributed by atoms with van der Waals surface area (Å²) in [7, 11) is 0. The third kappa shape index (κ3) is 2.49. The molecule has 3 aromatic rings. The van der Waals surface area contributed by atoms with Crippen LogP contribution in [-0.2, 0) is 0 Å². The van der Waals surface area contributed by atoms with Gasteiger partial charge in [-0.1, -0.05) is 17.3 Å². The summed E-state index contributed by atoms with van der Waals surface area (Å²) in [4.78, 5) is 6.86. The fourth-order valence-electron chi connectivity index (χ4n) is 4.22. The molecule has 0 amide bonds. The second-order valence-electron chi connectivity index (χ2n) is 7.96. The number of aromatic nitrogens is 4. The number of nitrogens with one attached hydrogen (secondary N) is 1. The predicted molar refractivity (Wildman–Crippen MR) is 100 cm³/mol. The van der Waals surface area contributed by atoms with Crippen LogP contribution < -0.4 is 10.2 Å². The van der Waals surface area contributed by atoms with Crippen LogP contribution in [0, 0.1) is 5.41 Å². The maximum Gasteiger partial charge on any atom is 0.324 e. The molecule has 1 N–H and O–H groups in total. The lowest BCUT2D eigenvalue weighted by Crippen LogP contribution is -2.60. The maximum absolute atomic E-state index is 5.55. The van der Waals surface area contributed by atoms with Crippen molar-refractivity contribution in [3.63, 3.8) is 0 Å². The number of fused-ring (bicyclic) bond motifs is 1. The smallest absolute Gasteiger partial charge is 0.323 e. The molecule has 1 spiro atoms. The van der Waals surface area contributed by atoms with Gasteiger partial charge in [-0.3, -0.25) is 4.68 Å². The van der Waals surface area contributed by atoms with Crippen molar-refractivity contribution in [2.45, 2.75) is 32.7 Å². The summed E-state index contributed by atoms with van der Waals surface area (Å²) in [6, 6.07) is 7.16. The summed E-state index contributed by atoms with van der Waals surface area (Å²) >= 11 is 0. The quantitative estimate of drug-likeness (QED) is 0.781. The SMILES string of the molecule is CC(C)n1ncc2ccc(-c3noc(N4CC5(CCNCC5)C4)n3)cc21. The van der Waals surface area contributed by atoms with E-state index in [0.29, 0.717) is 23.3 Å². The summed E-state index contributed by atoms with van der Waals surface area (Å²) in [6.07, 6.45) is 4.38. The number of benzene rings is 1. The van der Waals surface area contributed by atoms with E-state index in [9.17, 15) is 0 Å². The van der Waals surface area contributed by atoms with Crippen LogP contribution in [-0.4, -0.2) is 46.1 Å². The van der Waals surface area contributed by atoms with Gasteiger partial charge < -0.3 is 14.7 Å². The Hall–Kier alpha value is -2.41. The Labute approximate surface area is 152 Å². The van der Waals surface area contributed by atoms with E-state index < -0.39 is 0 Å². The topological polar surface area (TPSA) is 72.0 Å². The standard InChI is InChI=1S/C19H24N6O/c1-13(2)25-16-9-14(3-4-15(16)10-21-25)17-22-18(26-23-17)24-11-19(12-24)5-7-20-8-6-19/h3-4,9-10,13,20H,5-8,11-12H2,1-2H3. The highest BCUT2D eigenvalue weighted by Crippen LogP contribution is 2.41. The Morgan fingerprint density at radius 3 is 2.77 bits per heavy atom. The highest BCUT2D eigenvalue weighted by molar-refractivity contribution is 5.83. The number of hydrogen-bond acceptors (Lipinski definition) is 6. The lowest BCUT2D eigenvalue weighted by molar-refractivity contribution is 0.141. The van der Waals surface area contributed by atoms with E-state index in [0.717, 1.165) is 42.6 Å². The van der Waals surface area contributed by atoms with E-state index in [-0.39, 0.29) is 0 Å². The first kappa shape index (κ1) is 15.8. The summed E-state index contributed by atoms with van der Waals surface area (Å²) in [5, 5.41) is 13.3. The fraction of sp³-hybridized carbons (Fsp3) is 0.526. The number of hydrogen-bond donors (Lipinski definition) is 1. The van der Waals surface area contributed by atoms with Gasteiger partial charge in [0.15, 0.2) is 0 Å². The number of piperidine rings is 1. The summed E-state index contributed by atoms with van der Waals surface area (Å²) in [5.74, 6) is 0.643. The molecule has 0 radical (unpaired) electrons. The predicted octanol–water partition coefficient (Wildman–Crippen LogP) is 2.86. The zero-order valence-electron chi connectivity index (χ0n) is 15.3. The highest BCUT2D eigenvalue weighted by Gasteiger charge is 2.45. The molecule has 0 saturated carbocycles. The molecule has 2 aliphatic heterocycles. The van der Waals surface area contributed by atoms with Crippen LogP contribution in [0.1, 0.15) is 32.7 Å². The Morgan fingerprint density at radius 1 is 1.19 bits per heavy atom. The molecule has 7 heteroatoms. The van der Waals surface area contributed by atoms with E-state index in [2.05, 4.69) is 51.4 Å². The molecule has 2 saturated heterocycles. The van der Waals surface area contributed by atoms with Gasteiger partial charge in [0.05, 0.1) is 11.7 Å². The molecule has 136 valence electrons. The van der Waals surface area contributed by atoms with E-state index in [1.165, 1.54) is 12.8 Å². The third-order valence-corrected chi connectivity index (χ3v) is 5.75. The fourth-order valence-corrected chi connectivity index (χ4v) is 4.22. The normalized spacial score (nSPS) is 19.4.